The lowest BCUT2D eigenvalue weighted by molar-refractivity contribution is 0.1000. The van der Waals surface area contributed by atoms with Gasteiger partial charge in [0, 0.05) is 12.0 Å². The maximum atomic E-state index is 11.2. The molecule has 2 N–H and O–H groups in total. The van der Waals surface area contributed by atoms with E-state index < -0.39 is 0 Å². The summed E-state index contributed by atoms with van der Waals surface area (Å²) in [6.07, 6.45) is 4.46. The molecule has 0 saturated heterocycles. The molecule has 2 aliphatic rings. The van der Waals surface area contributed by atoms with Crippen molar-refractivity contribution in [3.63, 3.8) is 0 Å². The molecule has 3 nitrogen and oxygen atoms in total. The molecule has 3 rings (SSSR count). The third kappa shape index (κ3) is 1.71. The largest absolute Gasteiger partial charge is 0.493 e. The first-order valence-electron chi connectivity index (χ1n) is 6.03. The molecular weight excluding hydrogens is 214 g/mol. The highest BCUT2D eigenvalue weighted by molar-refractivity contribution is 5.94. The van der Waals surface area contributed by atoms with Crippen molar-refractivity contribution in [1.29, 1.82) is 0 Å². The number of nitrogens with two attached hydrogens (primary N) is 1. The Morgan fingerprint density at radius 1 is 1.24 bits per heavy atom. The van der Waals surface area contributed by atoms with Crippen LogP contribution in [-0.4, -0.2) is 5.91 Å². The number of benzene rings is 1. The Labute approximate surface area is 100 Å². The predicted molar refractivity (Wildman–Crippen MR) is 65.1 cm³/mol. The molecule has 1 aromatic carbocycles. The van der Waals surface area contributed by atoms with Crippen LogP contribution in [0.25, 0.3) is 5.57 Å². The number of fused-ring (bicyclic) bond motifs is 2. The van der Waals surface area contributed by atoms with Gasteiger partial charge in [0.25, 0.3) is 0 Å². The van der Waals surface area contributed by atoms with Crippen LogP contribution >= 0.6 is 0 Å². The van der Waals surface area contributed by atoms with E-state index >= 15 is 0 Å². The van der Waals surface area contributed by atoms with Gasteiger partial charge in [0.1, 0.15) is 12.4 Å². The lowest BCUT2D eigenvalue weighted by Crippen LogP contribution is -2.15. The minimum atomic E-state index is -0.364. The SMILES string of the molecule is NC(=O)c1ccc2c(c1)C1=C(CCCC1)OC2. The normalized spacial score (nSPS) is 18.1. The Kier molecular flexibility index (Phi) is 2.39. The molecule has 0 bridgehead atoms. The van der Waals surface area contributed by atoms with Crippen molar-refractivity contribution >= 4 is 11.5 Å². The van der Waals surface area contributed by atoms with Crippen LogP contribution in [0.2, 0.25) is 0 Å². The molecule has 1 aliphatic carbocycles. The highest BCUT2D eigenvalue weighted by atomic mass is 16.5. The van der Waals surface area contributed by atoms with Crippen molar-refractivity contribution in [2.75, 3.05) is 0 Å². The number of primary amides is 1. The number of carbonyl (C=O) groups excluding carboxylic acids is 1. The van der Waals surface area contributed by atoms with Crippen molar-refractivity contribution in [2.45, 2.75) is 32.3 Å². The minimum Gasteiger partial charge on any atom is -0.493 e. The first-order chi connectivity index (χ1) is 8.25. The van der Waals surface area contributed by atoms with E-state index in [0.717, 1.165) is 24.2 Å². The molecule has 17 heavy (non-hydrogen) atoms. The van der Waals surface area contributed by atoms with E-state index in [9.17, 15) is 4.79 Å². The molecule has 0 fully saturated rings. The summed E-state index contributed by atoms with van der Waals surface area (Å²) < 4.78 is 5.77. The van der Waals surface area contributed by atoms with Gasteiger partial charge in [-0.3, -0.25) is 4.79 Å². The number of hydrogen-bond acceptors (Lipinski definition) is 2. The average Bonchev–Trinajstić information content (AvgIpc) is 2.38. The second-order valence-electron chi connectivity index (χ2n) is 4.63. The van der Waals surface area contributed by atoms with Crippen molar-refractivity contribution in [3.8, 4) is 0 Å². The molecule has 3 heteroatoms. The standard InChI is InChI=1S/C14H15NO2/c15-14(16)9-5-6-10-8-17-13-4-2-1-3-11(13)12(10)7-9/h5-7H,1-4,8H2,(H2,15,16). The summed E-state index contributed by atoms with van der Waals surface area (Å²) in [5.41, 5.74) is 9.52. The number of hydrogen-bond donors (Lipinski definition) is 1. The van der Waals surface area contributed by atoms with Gasteiger partial charge in [0.2, 0.25) is 5.91 Å². The minimum absolute atomic E-state index is 0.364. The van der Waals surface area contributed by atoms with Gasteiger partial charge in [-0.2, -0.15) is 0 Å². The first kappa shape index (κ1) is 10.4. The summed E-state index contributed by atoms with van der Waals surface area (Å²) in [6, 6.07) is 5.65. The first-order valence-corrected chi connectivity index (χ1v) is 6.03. The van der Waals surface area contributed by atoms with Gasteiger partial charge in [-0.1, -0.05) is 6.07 Å². The highest BCUT2D eigenvalue weighted by Gasteiger charge is 2.23. The van der Waals surface area contributed by atoms with Crippen LogP contribution in [0.5, 0.6) is 0 Å². The molecular formula is C14H15NO2. The fourth-order valence-corrected chi connectivity index (χ4v) is 2.62. The summed E-state index contributed by atoms with van der Waals surface area (Å²) in [4.78, 5) is 11.2. The van der Waals surface area contributed by atoms with E-state index in [2.05, 4.69) is 0 Å². The smallest absolute Gasteiger partial charge is 0.248 e. The van der Waals surface area contributed by atoms with Gasteiger partial charge < -0.3 is 10.5 Å². The van der Waals surface area contributed by atoms with Gasteiger partial charge >= 0.3 is 0 Å². The Hall–Kier alpha value is -1.77. The van der Waals surface area contributed by atoms with Gasteiger partial charge in [-0.15, -0.1) is 0 Å². The second kappa shape index (κ2) is 3.91. The molecule has 1 aliphatic heterocycles. The van der Waals surface area contributed by atoms with Crippen LogP contribution in [0.1, 0.15) is 47.2 Å². The number of ether oxygens (including phenoxy) is 1. The number of carbonyl (C=O) groups is 1. The monoisotopic (exact) mass is 229 g/mol. The second-order valence-corrected chi connectivity index (χ2v) is 4.63. The topological polar surface area (TPSA) is 52.3 Å². The summed E-state index contributed by atoms with van der Waals surface area (Å²) in [5, 5.41) is 0. The zero-order valence-corrected chi connectivity index (χ0v) is 9.66. The van der Waals surface area contributed by atoms with Gasteiger partial charge in [-0.05, 0) is 48.1 Å². The Balaban J connectivity index is 2.12. The predicted octanol–water partition coefficient (Wildman–Crippen LogP) is 2.60. The molecule has 0 aromatic heterocycles. The molecule has 0 radical (unpaired) electrons. The fraction of sp³-hybridized carbons (Fsp3) is 0.357. The number of amides is 1. The molecule has 1 heterocycles. The van der Waals surface area contributed by atoms with Crippen molar-refractivity contribution in [2.24, 2.45) is 5.73 Å². The van der Waals surface area contributed by atoms with Crippen LogP contribution in [0.4, 0.5) is 0 Å². The van der Waals surface area contributed by atoms with Crippen molar-refractivity contribution in [3.05, 3.63) is 40.6 Å². The molecule has 0 saturated carbocycles. The maximum absolute atomic E-state index is 11.2. The average molecular weight is 229 g/mol. The lowest BCUT2D eigenvalue weighted by atomic mass is 9.87. The van der Waals surface area contributed by atoms with Gasteiger partial charge in [0.15, 0.2) is 0 Å². The highest BCUT2D eigenvalue weighted by Crippen LogP contribution is 2.38. The van der Waals surface area contributed by atoms with Crippen LogP contribution in [-0.2, 0) is 11.3 Å². The van der Waals surface area contributed by atoms with Crippen LogP contribution in [0.3, 0.4) is 0 Å². The van der Waals surface area contributed by atoms with E-state index in [0.29, 0.717) is 12.2 Å². The molecule has 1 aromatic rings. The molecule has 88 valence electrons. The van der Waals surface area contributed by atoms with E-state index in [1.165, 1.54) is 24.0 Å². The summed E-state index contributed by atoms with van der Waals surface area (Å²) >= 11 is 0. The number of rotatable bonds is 1. The zero-order chi connectivity index (χ0) is 11.8. The number of allylic oxidation sites excluding steroid dienone is 2. The molecule has 0 spiro atoms. The summed E-state index contributed by atoms with van der Waals surface area (Å²) in [7, 11) is 0. The van der Waals surface area contributed by atoms with Crippen molar-refractivity contribution < 1.29 is 9.53 Å². The van der Waals surface area contributed by atoms with Gasteiger partial charge in [0.05, 0.1) is 0 Å². The van der Waals surface area contributed by atoms with Gasteiger partial charge in [-0.25, -0.2) is 0 Å². The van der Waals surface area contributed by atoms with Crippen LogP contribution in [0, 0.1) is 0 Å². The summed E-state index contributed by atoms with van der Waals surface area (Å²) in [5.74, 6) is 0.752. The van der Waals surface area contributed by atoms with E-state index in [4.69, 9.17) is 10.5 Å². The molecule has 0 atom stereocenters. The third-order valence-electron chi connectivity index (χ3n) is 3.54. The third-order valence-corrected chi connectivity index (χ3v) is 3.54. The Morgan fingerprint density at radius 2 is 2.06 bits per heavy atom. The Morgan fingerprint density at radius 3 is 2.88 bits per heavy atom. The fourth-order valence-electron chi connectivity index (χ4n) is 2.62. The maximum Gasteiger partial charge on any atom is 0.248 e. The quantitative estimate of drug-likeness (QED) is 0.804. The lowest BCUT2D eigenvalue weighted by Gasteiger charge is -2.27. The molecule has 0 unspecified atom stereocenters. The van der Waals surface area contributed by atoms with E-state index in [1.807, 2.05) is 12.1 Å². The van der Waals surface area contributed by atoms with E-state index in [1.54, 1.807) is 6.07 Å². The van der Waals surface area contributed by atoms with Crippen molar-refractivity contribution in [1.82, 2.24) is 0 Å². The summed E-state index contributed by atoms with van der Waals surface area (Å²) in [6.45, 7) is 0.618. The Bertz CT molecular complexity index is 517. The zero-order valence-electron chi connectivity index (χ0n) is 9.66. The molecule has 1 amide bonds. The van der Waals surface area contributed by atoms with E-state index in [-0.39, 0.29) is 5.91 Å². The van der Waals surface area contributed by atoms with Crippen LogP contribution < -0.4 is 5.73 Å². The van der Waals surface area contributed by atoms with Crippen LogP contribution in [0.15, 0.2) is 24.0 Å².